The molecule has 27 heavy (non-hydrogen) atoms. The van der Waals surface area contributed by atoms with Gasteiger partial charge in [-0.05, 0) is 57.7 Å². The Balaban J connectivity index is 1.77. The van der Waals surface area contributed by atoms with Gasteiger partial charge in [0, 0.05) is 45.0 Å². The standard InChI is InChI=1S/C21H31N5O/c1-25(2)16-14-24-21(27)11-5-8-15-26(17-19-9-3-6-12-22-19)18-20-10-4-7-13-23-20/h3-4,6-7,9-10,12-13H,5,8,11,14-18H2,1-2H3,(H,24,27). The maximum absolute atomic E-state index is 11.9. The quantitative estimate of drug-likeness (QED) is 0.582. The first-order valence-electron chi connectivity index (χ1n) is 9.57. The van der Waals surface area contributed by atoms with Gasteiger partial charge >= 0.3 is 0 Å². The Morgan fingerprint density at radius 1 is 0.926 bits per heavy atom. The Kier molecular flexibility index (Phi) is 9.44. The first kappa shape index (κ1) is 21.0. The fraction of sp³-hybridized carbons (Fsp3) is 0.476. The summed E-state index contributed by atoms with van der Waals surface area (Å²) >= 11 is 0. The smallest absolute Gasteiger partial charge is 0.220 e. The lowest BCUT2D eigenvalue weighted by Crippen LogP contribution is -2.31. The molecule has 0 aliphatic heterocycles. The minimum atomic E-state index is 0.137. The number of hydrogen-bond donors (Lipinski definition) is 1. The molecule has 0 aromatic carbocycles. The lowest BCUT2D eigenvalue weighted by molar-refractivity contribution is -0.121. The molecule has 0 spiro atoms. The van der Waals surface area contributed by atoms with Crippen molar-refractivity contribution in [2.75, 3.05) is 33.7 Å². The van der Waals surface area contributed by atoms with Gasteiger partial charge in [-0.15, -0.1) is 0 Å². The monoisotopic (exact) mass is 369 g/mol. The van der Waals surface area contributed by atoms with Crippen LogP contribution in [0.2, 0.25) is 0 Å². The van der Waals surface area contributed by atoms with Crippen molar-refractivity contribution >= 4 is 5.91 Å². The molecule has 6 heteroatoms. The zero-order valence-corrected chi connectivity index (χ0v) is 16.5. The van der Waals surface area contributed by atoms with E-state index in [0.717, 1.165) is 50.4 Å². The Morgan fingerprint density at radius 3 is 2.07 bits per heavy atom. The molecule has 0 radical (unpaired) electrons. The lowest BCUT2D eigenvalue weighted by atomic mass is 10.2. The highest BCUT2D eigenvalue weighted by molar-refractivity contribution is 5.75. The Morgan fingerprint density at radius 2 is 1.56 bits per heavy atom. The predicted molar refractivity (Wildman–Crippen MR) is 108 cm³/mol. The molecular weight excluding hydrogens is 338 g/mol. The van der Waals surface area contributed by atoms with E-state index in [1.165, 1.54) is 0 Å². The number of likely N-dealkylation sites (N-methyl/N-ethyl adjacent to an activating group) is 1. The van der Waals surface area contributed by atoms with Crippen LogP contribution < -0.4 is 5.32 Å². The van der Waals surface area contributed by atoms with E-state index < -0.39 is 0 Å². The molecular formula is C21H31N5O. The minimum Gasteiger partial charge on any atom is -0.355 e. The third-order valence-electron chi connectivity index (χ3n) is 4.23. The van der Waals surface area contributed by atoms with E-state index in [-0.39, 0.29) is 5.91 Å². The summed E-state index contributed by atoms with van der Waals surface area (Å²) in [7, 11) is 4.01. The van der Waals surface area contributed by atoms with E-state index in [2.05, 4.69) is 25.1 Å². The van der Waals surface area contributed by atoms with E-state index in [9.17, 15) is 4.79 Å². The first-order chi connectivity index (χ1) is 13.1. The van der Waals surface area contributed by atoms with Gasteiger partial charge in [0.15, 0.2) is 0 Å². The number of rotatable bonds is 12. The molecule has 0 saturated heterocycles. The average Bonchev–Trinajstić information content (AvgIpc) is 2.66. The van der Waals surface area contributed by atoms with Gasteiger partial charge < -0.3 is 10.2 Å². The minimum absolute atomic E-state index is 0.137. The van der Waals surface area contributed by atoms with E-state index >= 15 is 0 Å². The molecule has 0 bridgehead atoms. The van der Waals surface area contributed by atoms with Crippen molar-refractivity contribution in [3.05, 3.63) is 60.2 Å². The number of nitrogens with zero attached hydrogens (tertiary/aromatic N) is 4. The van der Waals surface area contributed by atoms with Crippen LogP contribution in [0.15, 0.2) is 48.8 Å². The van der Waals surface area contributed by atoms with Gasteiger partial charge in [-0.25, -0.2) is 0 Å². The maximum atomic E-state index is 11.9. The van der Waals surface area contributed by atoms with Gasteiger partial charge in [-0.1, -0.05) is 12.1 Å². The molecule has 0 atom stereocenters. The van der Waals surface area contributed by atoms with Crippen molar-refractivity contribution in [1.82, 2.24) is 25.1 Å². The number of amides is 1. The zero-order chi connectivity index (χ0) is 19.3. The molecule has 2 aromatic rings. The number of unbranched alkanes of at least 4 members (excludes halogenated alkanes) is 1. The van der Waals surface area contributed by atoms with Crippen molar-refractivity contribution in [3.8, 4) is 0 Å². The molecule has 1 amide bonds. The molecule has 146 valence electrons. The highest BCUT2D eigenvalue weighted by atomic mass is 16.1. The molecule has 2 heterocycles. The van der Waals surface area contributed by atoms with Crippen LogP contribution in [0.25, 0.3) is 0 Å². The van der Waals surface area contributed by atoms with Crippen LogP contribution in [0.3, 0.4) is 0 Å². The Bertz CT molecular complexity index is 607. The van der Waals surface area contributed by atoms with E-state index in [1.54, 1.807) is 0 Å². The fourth-order valence-corrected chi connectivity index (χ4v) is 2.78. The number of nitrogens with one attached hydrogen (secondary N) is 1. The zero-order valence-electron chi connectivity index (χ0n) is 16.5. The molecule has 0 unspecified atom stereocenters. The van der Waals surface area contributed by atoms with E-state index in [4.69, 9.17) is 0 Å². The normalized spacial score (nSPS) is 11.1. The molecule has 0 aliphatic carbocycles. The number of pyridine rings is 2. The van der Waals surface area contributed by atoms with Gasteiger partial charge in [0.1, 0.15) is 0 Å². The molecule has 1 N–H and O–H groups in total. The number of hydrogen-bond acceptors (Lipinski definition) is 5. The molecule has 0 aliphatic rings. The molecule has 6 nitrogen and oxygen atoms in total. The Labute approximate surface area is 162 Å². The highest BCUT2D eigenvalue weighted by Crippen LogP contribution is 2.09. The third kappa shape index (κ3) is 9.26. The summed E-state index contributed by atoms with van der Waals surface area (Å²) in [5.74, 6) is 0.137. The summed E-state index contributed by atoms with van der Waals surface area (Å²) in [5, 5.41) is 2.97. The lowest BCUT2D eigenvalue weighted by Gasteiger charge is -2.21. The summed E-state index contributed by atoms with van der Waals surface area (Å²) in [6, 6.07) is 12.0. The van der Waals surface area contributed by atoms with Crippen LogP contribution in [0.1, 0.15) is 30.7 Å². The van der Waals surface area contributed by atoms with Crippen molar-refractivity contribution in [2.24, 2.45) is 0 Å². The average molecular weight is 370 g/mol. The second kappa shape index (κ2) is 12.1. The van der Waals surface area contributed by atoms with Crippen molar-refractivity contribution in [2.45, 2.75) is 32.4 Å². The van der Waals surface area contributed by atoms with Gasteiger partial charge in [0.05, 0.1) is 11.4 Å². The molecule has 0 saturated carbocycles. The Hall–Kier alpha value is -2.31. The van der Waals surface area contributed by atoms with Crippen LogP contribution in [0.4, 0.5) is 0 Å². The van der Waals surface area contributed by atoms with Crippen molar-refractivity contribution in [3.63, 3.8) is 0 Å². The highest BCUT2D eigenvalue weighted by Gasteiger charge is 2.09. The van der Waals surface area contributed by atoms with Gasteiger partial charge in [0.2, 0.25) is 5.91 Å². The second-order valence-corrected chi connectivity index (χ2v) is 6.96. The summed E-state index contributed by atoms with van der Waals surface area (Å²) in [6.07, 6.45) is 6.09. The summed E-state index contributed by atoms with van der Waals surface area (Å²) in [5.41, 5.74) is 2.10. The van der Waals surface area contributed by atoms with Crippen LogP contribution in [-0.2, 0) is 17.9 Å². The van der Waals surface area contributed by atoms with Crippen LogP contribution in [-0.4, -0.2) is 59.4 Å². The SMILES string of the molecule is CN(C)CCNC(=O)CCCCN(Cc1ccccn1)Cc1ccccn1. The second-order valence-electron chi connectivity index (χ2n) is 6.96. The topological polar surface area (TPSA) is 61.4 Å². The van der Waals surface area contributed by atoms with Gasteiger partial charge in [0.25, 0.3) is 0 Å². The molecule has 2 aromatic heterocycles. The largest absolute Gasteiger partial charge is 0.355 e. The van der Waals surface area contributed by atoms with Gasteiger partial charge in [-0.2, -0.15) is 0 Å². The molecule has 2 rings (SSSR count). The fourth-order valence-electron chi connectivity index (χ4n) is 2.78. The van der Waals surface area contributed by atoms with Crippen LogP contribution in [0.5, 0.6) is 0 Å². The van der Waals surface area contributed by atoms with Crippen LogP contribution >= 0.6 is 0 Å². The predicted octanol–water partition coefficient (Wildman–Crippen LogP) is 2.33. The first-order valence-corrected chi connectivity index (χ1v) is 9.57. The molecule has 0 fully saturated rings. The third-order valence-corrected chi connectivity index (χ3v) is 4.23. The van der Waals surface area contributed by atoms with Crippen molar-refractivity contribution in [1.29, 1.82) is 0 Å². The van der Waals surface area contributed by atoms with E-state index in [0.29, 0.717) is 13.0 Å². The summed E-state index contributed by atoms with van der Waals surface area (Å²) < 4.78 is 0. The summed E-state index contributed by atoms with van der Waals surface area (Å²) in [4.78, 5) is 25.2. The van der Waals surface area contributed by atoms with E-state index in [1.807, 2.05) is 62.9 Å². The number of carbonyl (C=O) groups excluding carboxylic acids is 1. The summed E-state index contributed by atoms with van der Waals surface area (Å²) in [6.45, 7) is 4.06. The van der Waals surface area contributed by atoms with Crippen LogP contribution in [0, 0.1) is 0 Å². The number of carbonyl (C=O) groups is 1. The number of aromatic nitrogens is 2. The van der Waals surface area contributed by atoms with Crippen molar-refractivity contribution < 1.29 is 4.79 Å². The maximum Gasteiger partial charge on any atom is 0.220 e. The van der Waals surface area contributed by atoms with Gasteiger partial charge in [-0.3, -0.25) is 19.7 Å².